The van der Waals surface area contributed by atoms with E-state index in [4.69, 9.17) is 5.11 Å². The van der Waals surface area contributed by atoms with Crippen molar-refractivity contribution >= 4 is 17.2 Å². The van der Waals surface area contributed by atoms with Crippen LogP contribution in [0, 0.1) is 6.92 Å². The number of carbonyl (C=O) groups is 1. The van der Waals surface area contributed by atoms with Gasteiger partial charge in [0.05, 0.1) is 29.6 Å². The van der Waals surface area contributed by atoms with E-state index >= 15 is 0 Å². The SMILES string of the molecule is CCC(CO)NC(=O)c1ccc(-c2ccsc2)nc1C. The lowest BCUT2D eigenvalue weighted by atomic mass is 10.1. The van der Waals surface area contributed by atoms with E-state index in [0.29, 0.717) is 17.7 Å². The van der Waals surface area contributed by atoms with Gasteiger partial charge in [-0.2, -0.15) is 11.3 Å². The Morgan fingerprint density at radius 2 is 2.25 bits per heavy atom. The number of carbonyl (C=O) groups excluding carboxylic acids is 1. The van der Waals surface area contributed by atoms with Crippen molar-refractivity contribution in [2.45, 2.75) is 26.3 Å². The number of thiophene rings is 1. The Bertz CT molecular complexity index is 578. The molecule has 0 saturated heterocycles. The second-order valence-electron chi connectivity index (χ2n) is 4.60. The van der Waals surface area contributed by atoms with Crippen molar-refractivity contribution in [2.24, 2.45) is 0 Å². The number of amides is 1. The maximum absolute atomic E-state index is 12.1. The highest BCUT2D eigenvalue weighted by Crippen LogP contribution is 2.21. The minimum Gasteiger partial charge on any atom is -0.394 e. The summed E-state index contributed by atoms with van der Waals surface area (Å²) in [6.45, 7) is 3.69. The monoisotopic (exact) mass is 290 g/mol. The van der Waals surface area contributed by atoms with E-state index < -0.39 is 0 Å². The molecule has 1 amide bonds. The highest BCUT2D eigenvalue weighted by atomic mass is 32.1. The van der Waals surface area contributed by atoms with Gasteiger partial charge in [0.2, 0.25) is 0 Å². The molecule has 0 aliphatic heterocycles. The quantitative estimate of drug-likeness (QED) is 0.890. The van der Waals surface area contributed by atoms with Gasteiger partial charge in [-0.25, -0.2) is 0 Å². The van der Waals surface area contributed by atoms with Gasteiger partial charge in [0.1, 0.15) is 0 Å². The average Bonchev–Trinajstić information content (AvgIpc) is 2.98. The van der Waals surface area contributed by atoms with E-state index in [9.17, 15) is 4.79 Å². The van der Waals surface area contributed by atoms with Crippen LogP contribution >= 0.6 is 11.3 Å². The number of nitrogens with zero attached hydrogens (tertiary/aromatic N) is 1. The number of hydrogen-bond acceptors (Lipinski definition) is 4. The molecule has 5 heteroatoms. The molecule has 4 nitrogen and oxygen atoms in total. The van der Waals surface area contributed by atoms with Crippen LogP contribution in [0.25, 0.3) is 11.3 Å². The first-order chi connectivity index (χ1) is 9.65. The molecule has 2 aromatic rings. The normalized spacial score (nSPS) is 12.2. The minimum atomic E-state index is -0.210. The summed E-state index contributed by atoms with van der Waals surface area (Å²) in [5, 5.41) is 16.0. The Morgan fingerprint density at radius 1 is 1.45 bits per heavy atom. The summed E-state index contributed by atoms with van der Waals surface area (Å²) in [4.78, 5) is 16.6. The minimum absolute atomic E-state index is 0.0539. The number of aryl methyl sites for hydroxylation is 1. The van der Waals surface area contributed by atoms with E-state index in [0.717, 1.165) is 11.3 Å². The van der Waals surface area contributed by atoms with Crippen LogP contribution in [0.4, 0.5) is 0 Å². The van der Waals surface area contributed by atoms with Crippen molar-refractivity contribution in [3.8, 4) is 11.3 Å². The maximum atomic E-state index is 12.1. The molecule has 2 N–H and O–H groups in total. The Labute approximate surface area is 122 Å². The number of aromatic nitrogens is 1. The van der Waals surface area contributed by atoms with Gasteiger partial charge >= 0.3 is 0 Å². The van der Waals surface area contributed by atoms with Gasteiger partial charge in [0, 0.05) is 10.9 Å². The van der Waals surface area contributed by atoms with E-state index in [1.807, 2.05) is 36.7 Å². The van der Waals surface area contributed by atoms with Crippen LogP contribution in [0.1, 0.15) is 29.4 Å². The number of nitrogens with one attached hydrogen (secondary N) is 1. The lowest BCUT2D eigenvalue weighted by molar-refractivity contribution is 0.0914. The largest absolute Gasteiger partial charge is 0.394 e. The van der Waals surface area contributed by atoms with Crippen LogP contribution in [0.2, 0.25) is 0 Å². The van der Waals surface area contributed by atoms with Crippen molar-refractivity contribution < 1.29 is 9.90 Å². The van der Waals surface area contributed by atoms with Crippen LogP contribution in [0.3, 0.4) is 0 Å². The lowest BCUT2D eigenvalue weighted by Crippen LogP contribution is -2.37. The van der Waals surface area contributed by atoms with E-state index in [1.165, 1.54) is 0 Å². The smallest absolute Gasteiger partial charge is 0.253 e. The molecule has 0 spiro atoms. The van der Waals surface area contributed by atoms with Gasteiger partial charge in [-0.15, -0.1) is 0 Å². The van der Waals surface area contributed by atoms with Gasteiger partial charge in [0.15, 0.2) is 0 Å². The second-order valence-corrected chi connectivity index (χ2v) is 5.38. The summed E-state index contributed by atoms with van der Waals surface area (Å²) >= 11 is 1.62. The third kappa shape index (κ3) is 3.23. The van der Waals surface area contributed by atoms with E-state index in [-0.39, 0.29) is 18.6 Å². The summed E-state index contributed by atoms with van der Waals surface area (Å²) in [6, 6.07) is 5.43. The Hall–Kier alpha value is -1.72. The Morgan fingerprint density at radius 3 is 2.80 bits per heavy atom. The predicted molar refractivity (Wildman–Crippen MR) is 80.9 cm³/mol. The Balaban J connectivity index is 2.19. The van der Waals surface area contributed by atoms with Crippen molar-refractivity contribution in [1.82, 2.24) is 10.3 Å². The first-order valence-electron chi connectivity index (χ1n) is 6.57. The lowest BCUT2D eigenvalue weighted by Gasteiger charge is -2.15. The van der Waals surface area contributed by atoms with Gasteiger partial charge in [-0.1, -0.05) is 6.92 Å². The fourth-order valence-electron chi connectivity index (χ4n) is 1.91. The molecule has 0 radical (unpaired) electrons. The molecule has 0 saturated carbocycles. The Kier molecular flexibility index (Phi) is 4.87. The van der Waals surface area contributed by atoms with Crippen molar-refractivity contribution in [3.05, 3.63) is 40.2 Å². The summed E-state index contributed by atoms with van der Waals surface area (Å²) in [5.41, 5.74) is 3.18. The number of aliphatic hydroxyl groups excluding tert-OH is 1. The molecule has 0 aromatic carbocycles. The third-order valence-electron chi connectivity index (χ3n) is 3.20. The van der Waals surface area contributed by atoms with Crippen LogP contribution in [-0.4, -0.2) is 28.6 Å². The first kappa shape index (κ1) is 14.7. The summed E-state index contributed by atoms with van der Waals surface area (Å²) in [5.74, 6) is -0.187. The number of rotatable bonds is 5. The number of hydrogen-bond donors (Lipinski definition) is 2. The molecular formula is C15H18N2O2S. The van der Waals surface area contributed by atoms with Crippen LogP contribution in [-0.2, 0) is 0 Å². The molecule has 2 aromatic heterocycles. The molecule has 1 unspecified atom stereocenters. The highest BCUT2D eigenvalue weighted by Gasteiger charge is 2.14. The van der Waals surface area contributed by atoms with Gasteiger partial charge in [-0.05, 0) is 36.9 Å². The van der Waals surface area contributed by atoms with Gasteiger partial charge < -0.3 is 10.4 Å². The van der Waals surface area contributed by atoms with Crippen LogP contribution in [0.15, 0.2) is 29.0 Å². The second kappa shape index (κ2) is 6.63. The van der Waals surface area contributed by atoms with Gasteiger partial charge in [-0.3, -0.25) is 9.78 Å². The maximum Gasteiger partial charge on any atom is 0.253 e. The predicted octanol–water partition coefficient (Wildman–Crippen LogP) is 2.62. The molecular weight excluding hydrogens is 272 g/mol. The zero-order valence-corrected chi connectivity index (χ0v) is 12.4. The third-order valence-corrected chi connectivity index (χ3v) is 3.88. The fraction of sp³-hybridized carbons (Fsp3) is 0.333. The average molecular weight is 290 g/mol. The van der Waals surface area contributed by atoms with E-state index in [1.54, 1.807) is 17.4 Å². The molecule has 1 atom stereocenters. The zero-order valence-electron chi connectivity index (χ0n) is 11.6. The molecule has 0 bridgehead atoms. The summed E-state index contributed by atoms with van der Waals surface area (Å²) in [7, 11) is 0. The first-order valence-corrected chi connectivity index (χ1v) is 7.52. The highest BCUT2D eigenvalue weighted by molar-refractivity contribution is 7.08. The van der Waals surface area contributed by atoms with Crippen molar-refractivity contribution in [1.29, 1.82) is 0 Å². The van der Waals surface area contributed by atoms with E-state index in [2.05, 4.69) is 10.3 Å². The van der Waals surface area contributed by atoms with Crippen molar-refractivity contribution in [3.63, 3.8) is 0 Å². The molecule has 0 aliphatic carbocycles. The summed E-state index contributed by atoms with van der Waals surface area (Å²) < 4.78 is 0. The number of pyridine rings is 1. The molecule has 0 aliphatic rings. The van der Waals surface area contributed by atoms with Gasteiger partial charge in [0.25, 0.3) is 5.91 Å². The molecule has 0 fully saturated rings. The van der Waals surface area contributed by atoms with Crippen LogP contribution < -0.4 is 5.32 Å². The summed E-state index contributed by atoms with van der Waals surface area (Å²) in [6.07, 6.45) is 0.696. The molecule has 2 heterocycles. The zero-order chi connectivity index (χ0) is 14.5. The van der Waals surface area contributed by atoms with Crippen molar-refractivity contribution in [2.75, 3.05) is 6.61 Å². The van der Waals surface area contributed by atoms with Crippen LogP contribution in [0.5, 0.6) is 0 Å². The standard InChI is InChI=1S/C15H18N2O2S/c1-3-12(8-18)17-15(19)13-4-5-14(16-10(13)2)11-6-7-20-9-11/h4-7,9,12,18H,3,8H2,1-2H3,(H,17,19). The number of aliphatic hydroxyl groups is 1. The molecule has 20 heavy (non-hydrogen) atoms. The molecule has 106 valence electrons. The fourth-order valence-corrected chi connectivity index (χ4v) is 2.56. The molecule has 2 rings (SSSR count). The topological polar surface area (TPSA) is 62.2 Å².